The fourth-order valence-corrected chi connectivity index (χ4v) is 6.13. The highest BCUT2D eigenvalue weighted by atomic mass is 32.2. The molecule has 1 unspecified atom stereocenters. The van der Waals surface area contributed by atoms with E-state index in [-0.39, 0.29) is 23.1 Å². The molecule has 1 fully saturated rings. The topological polar surface area (TPSA) is 52.6 Å². The summed E-state index contributed by atoms with van der Waals surface area (Å²) in [5.41, 5.74) is -1.56. The summed E-state index contributed by atoms with van der Waals surface area (Å²) in [5, 5.41) is 7.77. The molecule has 1 saturated heterocycles. The van der Waals surface area contributed by atoms with Crippen molar-refractivity contribution in [1.29, 1.82) is 0 Å². The Morgan fingerprint density at radius 1 is 1.12 bits per heavy atom. The van der Waals surface area contributed by atoms with Gasteiger partial charge >= 0.3 is 5.51 Å². The number of amides is 1. The number of carbonyl (C=O) groups excluding carboxylic acids is 1. The van der Waals surface area contributed by atoms with Crippen LogP contribution >= 0.6 is 35.5 Å². The third-order valence-electron chi connectivity index (χ3n) is 5.10. The zero-order chi connectivity index (χ0) is 24.3. The van der Waals surface area contributed by atoms with Crippen molar-refractivity contribution in [2.24, 2.45) is 0 Å². The van der Waals surface area contributed by atoms with Gasteiger partial charge in [-0.3, -0.25) is 10.0 Å². The van der Waals surface area contributed by atoms with Gasteiger partial charge in [-0.1, -0.05) is 32.0 Å². The number of rotatable bonds is 8. The number of carbonyl (C=O) groups is 1. The minimum atomic E-state index is -4.23. The minimum Gasteiger partial charge on any atom is -0.289 e. The lowest BCUT2D eigenvalue weighted by atomic mass is 9.99. The molecule has 1 heterocycles. The second-order valence-corrected chi connectivity index (χ2v) is 11.1. The maximum absolute atomic E-state index is 12.4. The van der Waals surface area contributed by atoms with E-state index in [2.05, 4.69) is 42.4 Å². The van der Waals surface area contributed by atoms with E-state index in [9.17, 15) is 13.2 Å². The molecule has 182 valence electrons. The van der Waals surface area contributed by atoms with Crippen LogP contribution < -0.4 is 5.48 Å². The monoisotopic (exact) mass is 518 g/mol. The molecule has 3 rings (SSSR count). The Kier molecular flexibility index (Phi) is 12.0. The smallest absolute Gasteiger partial charge is 0.289 e. The van der Waals surface area contributed by atoms with Crippen molar-refractivity contribution in [3.8, 4) is 0 Å². The average Bonchev–Trinajstić information content (AvgIpc) is 2.80. The number of nitrogens with zero attached hydrogens (tertiary/aromatic N) is 1. The number of piperidine rings is 1. The van der Waals surface area contributed by atoms with Gasteiger partial charge in [-0.25, -0.2) is 9.79 Å². The number of nitrogens with one attached hydrogen (secondary N) is 1. The van der Waals surface area contributed by atoms with Gasteiger partial charge in [-0.2, -0.15) is 13.2 Å². The fourth-order valence-electron chi connectivity index (χ4n) is 3.28. The van der Waals surface area contributed by atoms with Crippen LogP contribution in [0, 0.1) is 0 Å². The largest absolute Gasteiger partial charge is 0.446 e. The van der Waals surface area contributed by atoms with Crippen molar-refractivity contribution in [3.05, 3.63) is 54.1 Å². The first kappa shape index (κ1) is 27.9. The molecule has 4 nitrogen and oxygen atoms in total. The summed E-state index contributed by atoms with van der Waals surface area (Å²) in [6, 6.07) is 15.4. The van der Waals surface area contributed by atoms with Crippen molar-refractivity contribution in [1.82, 2.24) is 9.79 Å². The molecule has 0 aliphatic carbocycles. The van der Waals surface area contributed by atoms with E-state index in [1.165, 1.54) is 15.9 Å². The lowest BCUT2D eigenvalue weighted by molar-refractivity contribution is -0.116. The number of thioether (sulfide) groups is 2. The van der Waals surface area contributed by atoms with Crippen LogP contribution in [0.15, 0.2) is 63.2 Å². The van der Waals surface area contributed by atoms with Crippen molar-refractivity contribution in [2.45, 2.75) is 64.5 Å². The second kappa shape index (κ2) is 14.2. The van der Waals surface area contributed by atoms with Crippen LogP contribution in [0.1, 0.15) is 44.6 Å². The van der Waals surface area contributed by atoms with Crippen LogP contribution in [0.4, 0.5) is 13.2 Å². The summed E-state index contributed by atoms with van der Waals surface area (Å²) in [6.45, 7) is 6.56. The summed E-state index contributed by atoms with van der Waals surface area (Å²) in [4.78, 5) is 11.5. The third-order valence-corrected chi connectivity index (χ3v) is 8.38. The number of alkyl halides is 3. The van der Waals surface area contributed by atoms with Crippen LogP contribution in [0.25, 0.3) is 0 Å². The predicted octanol–water partition coefficient (Wildman–Crippen LogP) is 7.20. The summed E-state index contributed by atoms with van der Waals surface area (Å²) in [5.74, 6) is 0.560. The Hall–Kier alpha value is -1.33. The molecule has 0 saturated carbocycles. The van der Waals surface area contributed by atoms with Crippen molar-refractivity contribution in [2.75, 3.05) is 13.1 Å². The molecule has 2 N–H and O–H groups in total. The summed E-state index contributed by atoms with van der Waals surface area (Å²) in [6.07, 6.45) is 3.49. The van der Waals surface area contributed by atoms with E-state index < -0.39 is 5.51 Å². The van der Waals surface area contributed by atoms with Gasteiger partial charge in [0.2, 0.25) is 6.41 Å². The molecule has 0 radical (unpaired) electrons. The van der Waals surface area contributed by atoms with E-state index >= 15 is 0 Å². The van der Waals surface area contributed by atoms with Gasteiger partial charge in [-0.15, -0.1) is 11.8 Å². The van der Waals surface area contributed by atoms with Crippen molar-refractivity contribution in [3.63, 3.8) is 0 Å². The van der Waals surface area contributed by atoms with E-state index in [0.717, 1.165) is 37.2 Å². The molecule has 0 spiro atoms. The Bertz CT molecular complexity index is 846. The Balaban J connectivity index is 0.000000890. The molecular weight excluding hydrogens is 489 g/mol. The summed E-state index contributed by atoms with van der Waals surface area (Å²) < 4.78 is 39.8. The van der Waals surface area contributed by atoms with E-state index in [4.69, 9.17) is 10.0 Å². The Morgan fingerprint density at radius 2 is 1.70 bits per heavy atom. The first-order chi connectivity index (χ1) is 15.8. The molecule has 1 aliphatic rings. The quantitative estimate of drug-likeness (QED) is 0.127. The average molecular weight is 519 g/mol. The highest BCUT2D eigenvalue weighted by Gasteiger charge is 2.29. The number of benzene rings is 2. The van der Waals surface area contributed by atoms with Crippen LogP contribution in [-0.4, -0.2) is 39.8 Å². The van der Waals surface area contributed by atoms with Crippen LogP contribution in [-0.2, 0) is 4.79 Å². The van der Waals surface area contributed by atoms with Crippen LogP contribution in [0.5, 0.6) is 0 Å². The van der Waals surface area contributed by atoms with Gasteiger partial charge in [-0.05, 0) is 84.8 Å². The van der Waals surface area contributed by atoms with Gasteiger partial charge in [0.25, 0.3) is 0 Å². The molecule has 10 heteroatoms. The lowest BCUT2D eigenvalue weighted by Gasteiger charge is -2.31. The summed E-state index contributed by atoms with van der Waals surface area (Å²) >= 11 is 3.59. The Morgan fingerprint density at radius 3 is 2.24 bits per heavy atom. The normalized spacial score (nSPS) is 15.9. The molecule has 2 aromatic carbocycles. The Labute approximate surface area is 206 Å². The van der Waals surface area contributed by atoms with Crippen molar-refractivity contribution >= 4 is 41.9 Å². The van der Waals surface area contributed by atoms with Gasteiger partial charge in [0.15, 0.2) is 0 Å². The van der Waals surface area contributed by atoms with E-state index in [1.807, 2.05) is 24.1 Å². The number of hydrogen-bond donors (Lipinski definition) is 2. The van der Waals surface area contributed by atoms with Gasteiger partial charge in [0, 0.05) is 33.0 Å². The van der Waals surface area contributed by atoms with Crippen molar-refractivity contribution < 1.29 is 23.2 Å². The van der Waals surface area contributed by atoms with Crippen LogP contribution in [0.2, 0.25) is 0 Å². The second-order valence-electron chi connectivity index (χ2n) is 7.45. The third kappa shape index (κ3) is 10.2. The molecule has 33 heavy (non-hydrogen) atoms. The predicted molar refractivity (Wildman–Crippen MR) is 131 cm³/mol. The van der Waals surface area contributed by atoms with Gasteiger partial charge in [0.05, 0.1) is 0 Å². The molecular formula is C23H29F3N2O2S3. The zero-order valence-electron chi connectivity index (χ0n) is 18.5. The first-order valence-corrected chi connectivity index (χ1v) is 13.1. The highest BCUT2D eigenvalue weighted by molar-refractivity contribution is 8.00. The molecule has 1 amide bonds. The zero-order valence-corrected chi connectivity index (χ0v) is 21.0. The van der Waals surface area contributed by atoms with Crippen LogP contribution in [0.3, 0.4) is 0 Å². The lowest BCUT2D eigenvalue weighted by Crippen LogP contribution is -2.29. The number of halogens is 3. The molecule has 2 aromatic rings. The molecule has 1 aliphatic heterocycles. The van der Waals surface area contributed by atoms with E-state index in [1.54, 1.807) is 23.9 Å². The molecule has 0 bridgehead atoms. The van der Waals surface area contributed by atoms with Gasteiger partial charge < -0.3 is 0 Å². The maximum Gasteiger partial charge on any atom is 0.446 e. The SMILES string of the molecule is CCC(C)c1ccccc1SN1CCC(Sc2ccc(SC(F)(F)F)cc2)CC1.O=CNO. The van der Waals surface area contributed by atoms with Gasteiger partial charge in [0.1, 0.15) is 0 Å². The van der Waals surface area contributed by atoms with E-state index in [0.29, 0.717) is 11.2 Å². The number of hydrogen-bond acceptors (Lipinski definition) is 6. The number of hydroxylamine groups is 1. The molecule has 0 aromatic heterocycles. The fraction of sp³-hybridized carbons (Fsp3) is 0.435. The standard InChI is InChI=1S/C22H26F3NS3.CH3NO2/c1-3-16(2)20-6-4-5-7-21(20)29-26-14-12-18(13-15-26)27-17-8-10-19(11-9-17)28-22(23,24)25;3-1-2-4/h4-11,16,18H,3,12-15H2,1-2H3;1,4H,(H,2,3). The summed E-state index contributed by atoms with van der Waals surface area (Å²) in [7, 11) is 0. The highest BCUT2D eigenvalue weighted by Crippen LogP contribution is 2.39. The minimum absolute atomic E-state index is 0.0574. The molecule has 1 atom stereocenters. The first-order valence-electron chi connectivity index (χ1n) is 10.6. The maximum atomic E-state index is 12.4.